The number of furan rings is 1. The minimum absolute atomic E-state index is 0.532. The van der Waals surface area contributed by atoms with Gasteiger partial charge in [-0.15, -0.1) is 0 Å². The predicted octanol–water partition coefficient (Wildman–Crippen LogP) is 17.6. The number of para-hydroxylation sites is 2. The molecule has 0 aliphatic heterocycles. The summed E-state index contributed by atoms with van der Waals surface area (Å²) in [5.41, 5.74) is 18.9. The summed E-state index contributed by atoms with van der Waals surface area (Å²) < 4.78 is 6.78. The van der Waals surface area contributed by atoms with Gasteiger partial charge in [0.25, 0.3) is 0 Å². The summed E-state index contributed by atoms with van der Waals surface area (Å²) in [7, 11) is 0. The van der Waals surface area contributed by atoms with E-state index in [0.29, 0.717) is 0 Å². The highest BCUT2D eigenvalue weighted by Crippen LogP contribution is 2.57. The summed E-state index contributed by atoms with van der Waals surface area (Å²) in [6.07, 6.45) is 0. The zero-order chi connectivity index (χ0) is 44.3. The molecule has 2 heteroatoms. The first-order chi connectivity index (χ1) is 33.2. The zero-order valence-corrected chi connectivity index (χ0v) is 36.7. The quantitative estimate of drug-likeness (QED) is 0.151. The average Bonchev–Trinajstić information content (AvgIpc) is 3.94. The lowest BCUT2D eigenvalue weighted by Gasteiger charge is -2.35. The summed E-state index contributed by atoms with van der Waals surface area (Å²) in [6.45, 7) is 0. The van der Waals surface area contributed by atoms with Crippen LogP contribution in [0.2, 0.25) is 0 Å². The van der Waals surface area contributed by atoms with Gasteiger partial charge in [-0.05, 0) is 126 Å². The zero-order valence-electron chi connectivity index (χ0n) is 36.7. The maximum Gasteiger partial charge on any atom is 0.159 e. The minimum atomic E-state index is -0.532. The first-order valence-corrected chi connectivity index (χ1v) is 23.1. The van der Waals surface area contributed by atoms with Gasteiger partial charge in [0.15, 0.2) is 5.58 Å². The molecular formula is C65H43NO. The van der Waals surface area contributed by atoms with E-state index in [-0.39, 0.29) is 0 Å². The van der Waals surface area contributed by atoms with Crippen LogP contribution in [0.25, 0.3) is 77.2 Å². The fourth-order valence-electron chi connectivity index (χ4n) is 10.8. The Balaban J connectivity index is 0.922. The number of fused-ring (bicyclic) bond motifs is 7. The Labute approximate surface area is 390 Å². The molecule has 1 aliphatic rings. The number of hydrogen-bond donors (Lipinski definition) is 0. The topological polar surface area (TPSA) is 16.4 Å². The summed E-state index contributed by atoms with van der Waals surface area (Å²) in [6, 6.07) is 94.9. The van der Waals surface area contributed by atoms with E-state index in [1.165, 1.54) is 66.4 Å². The van der Waals surface area contributed by atoms with Crippen LogP contribution in [0.4, 0.5) is 17.1 Å². The molecule has 314 valence electrons. The van der Waals surface area contributed by atoms with Crippen LogP contribution < -0.4 is 4.90 Å². The Hall–Kier alpha value is -8.72. The van der Waals surface area contributed by atoms with Gasteiger partial charge in [0.1, 0.15) is 5.58 Å². The third-order valence-electron chi connectivity index (χ3n) is 13.9. The maximum atomic E-state index is 6.78. The second-order valence-electron chi connectivity index (χ2n) is 17.6. The highest BCUT2D eigenvalue weighted by Gasteiger charge is 2.46. The van der Waals surface area contributed by atoms with Crippen molar-refractivity contribution in [2.45, 2.75) is 5.41 Å². The van der Waals surface area contributed by atoms with Crippen molar-refractivity contribution in [3.8, 4) is 44.5 Å². The molecule has 67 heavy (non-hydrogen) atoms. The molecule has 11 aromatic carbocycles. The van der Waals surface area contributed by atoms with Crippen molar-refractivity contribution in [2.75, 3.05) is 4.90 Å². The molecule has 1 aromatic heterocycles. The van der Waals surface area contributed by atoms with Crippen LogP contribution >= 0.6 is 0 Å². The van der Waals surface area contributed by atoms with E-state index in [2.05, 4.69) is 260 Å². The SMILES string of the molecule is c1ccc(C2(c3ccccc3)c3ccccc3-c3ccc(N(c4ccc(-c5ccc(-c6cccc(-c7ccc8ccccc8c7)c6)cc5)cc4)c4cccc5c4oc4ccccc45)cc32)cc1. The summed E-state index contributed by atoms with van der Waals surface area (Å²) in [4.78, 5) is 2.38. The molecule has 0 radical (unpaired) electrons. The van der Waals surface area contributed by atoms with Crippen LogP contribution in [0.3, 0.4) is 0 Å². The highest BCUT2D eigenvalue weighted by molar-refractivity contribution is 6.10. The molecule has 0 unspecified atom stereocenters. The Morgan fingerprint density at radius 1 is 0.313 bits per heavy atom. The van der Waals surface area contributed by atoms with Gasteiger partial charge in [0.05, 0.1) is 11.1 Å². The van der Waals surface area contributed by atoms with Crippen molar-refractivity contribution in [2.24, 2.45) is 0 Å². The van der Waals surface area contributed by atoms with Crippen LogP contribution in [0.5, 0.6) is 0 Å². The molecule has 0 fully saturated rings. The van der Waals surface area contributed by atoms with E-state index in [1.54, 1.807) is 0 Å². The van der Waals surface area contributed by atoms with E-state index in [1.807, 2.05) is 6.07 Å². The van der Waals surface area contributed by atoms with Gasteiger partial charge < -0.3 is 9.32 Å². The first kappa shape index (κ1) is 38.7. The molecule has 13 rings (SSSR count). The Kier molecular flexibility index (Phi) is 9.11. The van der Waals surface area contributed by atoms with Crippen molar-refractivity contribution >= 4 is 49.8 Å². The second kappa shape index (κ2) is 15.8. The van der Waals surface area contributed by atoms with Crippen molar-refractivity contribution in [1.82, 2.24) is 0 Å². The molecule has 12 aromatic rings. The van der Waals surface area contributed by atoms with Crippen LogP contribution in [-0.2, 0) is 5.41 Å². The van der Waals surface area contributed by atoms with E-state index in [4.69, 9.17) is 4.42 Å². The number of nitrogens with zero attached hydrogens (tertiary/aromatic N) is 1. The fourth-order valence-corrected chi connectivity index (χ4v) is 10.8. The van der Waals surface area contributed by atoms with E-state index >= 15 is 0 Å². The van der Waals surface area contributed by atoms with E-state index < -0.39 is 5.41 Å². The van der Waals surface area contributed by atoms with Crippen LogP contribution in [0.15, 0.2) is 265 Å². The maximum absolute atomic E-state index is 6.78. The first-order valence-electron chi connectivity index (χ1n) is 23.1. The van der Waals surface area contributed by atoms with Crippen LogP contribution in [-0.4, -0.2) is 0 Å². The summed E-state index contributed by atoms with van der Waals surface area (Å²) >= 11 is 0. The van der Waals surface area contributed by atoms with Gasteiger partial charge in [0.2, 0.25) is 0 Å². The smallest absolute Gasteiger partial charge is 0.159 e. The van der Waals surface area contributed by atoms with E-state index in [0.717, 1.165) is 50.1 Å². The van der Waals surface area contributed by atoms with Crippen LogP contribution in [0, 0.1) is 0 Å². The monoisotopic (exact) mass is 853 g/mol. The molecule has 1 aliphatic carbocycles. The largest absolute Gasteiger partial charge is 0.454 e. The van der Waals surface area contributed by atoms with Crippen LogP contribution in [0.1, 0.15) is 22.3 Å². The summed E-state index contributed by atoms with van der Waals surface area (Å²) in [5, 5.41) is 4.71. The van der Waals surface area contributed by atoms with Crippen molar-refractivity contribution in [1.29, 1.82) is 0 Å². The predicted molar refractivity (Wildman–Crippen MR) is 280 cm³/mol. The molecule has 0 amide bonds. The number of benzene rings is 11. The van der Waals surface area contributed by atoms with Crippen molar-refractivity contribution < 1.29 is 4.42 Å². The average molecular weight is 854 g/mol. The molecule has 0 spiro atoms. The lowest BCUT2D eigenvalue weighted by molar-refractivity contribution is 0.669. The lowest BCUT2D eigenvalue weighted by Crippen LogP contribution is -2.28. The number of anilines is 3. The number of hydrogen-bond acceptors (Lipinski definition) is 2. The molecule has 0 saturated heterocycles. The Morgan fingerprint density at radius 3 is 1.61 bits per heavy atom. The molecule has 0 saturated carbocycles. The Morgan fingerprint density at radius 2 is 0.851 bits per heavy atom. The van der Waals surface area contributed by atoms with Gasteiger partial charge in [-0.25, -0.2) is 0 Å². The highest BCUT2D eigenvalue weighted by atomic mass is 16.3. The second-order valence-corrected chi connectivity index (χ2v) is 17.6. The van der Waals surface area contributed by atoms with Gasteiger partial charge >= 0.3 is 0 Å². The van der Waals surface area contributed by atoms with Gasteiger partial charge in [-0.1, -0.05) is 212 Å². The third-order valence-corrected chi connectivity index (χ3v) is 13.9. The summed E-state index contributed by atoms with van der Waals surface area (Å²) in [5.74, 6) is 0. The van der Waals surface area contributed by atoms with E-state index in [9.17, 15) is 0 Å². The fraction of sp³-hybridized carbons (Fsp3) is 0.0154. The van der Waals surface area contributed by atoms with Gasteiger partial charge in [0, 0.05) is 22.1 Å². The molecule has 0 bridgehead atoms. The van der Waals surface area contributed by atoms with Crippen molar-refractivity contribution in [3.05, 3.63) is 283 Å². The Bertz CT molecular complexity index is 3750. The third kappa shape index (κ3) is 6.33. The number of rotatable bonds is 8. The van der Waals surface area contributed by atoms with Gasteiger partial charge in [-0.2, -0.15) is 0 Å². The molecule has 2 nitrogen and oxygen atoms in total. The lowest BCUT2D eigenvalue weighted by atomic mass is 9.67. The standard InChI is InChI=1S/C65H43NO/c1-3-19-52(20-4-1)65(53-21-5-2-6-22-53)60-26-11-9-23-56(60)57-40-39-55(43-61(57)65)66(62-27-14-25-59-58-24-10-12-28-63(58)67-64(59)62)54-37-35-46(36-38-54)45-29-31-47(32-30-45)49-17-13-18-50(41-49)51-34-33-44-15-7-8-16-48(44)42-51/h1-43H. The normalized spacial score (nSPS) is 12.6. The van der Waals surface area contributed by atoms with Gasteiger partial charge in [-0.3, -0.25) is 0 Å². The molecule has 0 atom stereocenters. The molecular weight excluding hydrogens is 811 g/mol. The molecule has 1 heterocycles. The minimum Gasteiger partial charge on any atom is -0.454 e. The van der Waals surface area contributed by atoms with Crippen molar-refractivity contribution in [3.63, 3.8) is 0 Å². The molecule has 0 N–H and O–H groups in total.